The molecule has 0 bridgehead atoms. The normalized spacial score (nSPS) is 16.4. The van der Waals surface area contributed by atoms with Crippen molar-refractivity contribution >= 4 is 44.3 Å². The van der Waals surface area contributed by atoms with E-state index in [-0.39, 0.29) is 18.0 Å². The van der Waals surface area contributed by atoms with Gasteiger partial charge in [-0.05, 0) is 47.0 Å². The molecule has 2 aromatic rings. The van der Waals surface area contributed by atoms with E-state index in [1.165, 1.54) is 24.2 Å². The first kappa shape index (κ1) is 20.2. The highest BCUT2D eigenvalue weighted by molar-refractivity contribution is 9.10. The molecule has 2 heterocycles. The maximum Gasteiger partial charge on any atom is 0.321 e. The average Bonchev–Trinajstić information content (AvgIpc) is 3.36. The number of nitrogens with zero attached hydrogens (tertiary/aromatic N) is 2. The maximum atomic E-state index is 13.0. The Hall–Kier alpha value is -2.13. The molecular formula is C20H23BrN4O3S. The van der Waals surface area contributed by atoms with Gasteiger partial charge < -0.3 is 15.0 Å². The summed E-state index contributed by atoms with van der Waals surface area (Å²) in [5, 5.41) is 6.45. The van der Waals surface area contributed by atoms with Gasteiger partial charge in [-0.15, -0.1) is 0 Å². The molecule has 2 aliphatic rings. The zero-order valence-corrected chi connectivity index (χ0v) is 18.6. The molecule has 154 valence electrons. The lowest BCUT2D eigenvalue weighted by Gasteiger charge is -2.26. The third-order valence-electron chi connectivity index (χ3n) is 5.33. The summed E-state index contributed by atoms with van der Waals surface area (Å²) >= 11 is 4.89. The van der Waals surface area contributed by atoms with E-state index >= 15 is 0 Å². The molecule has 1 aromatic carbocycles. The lowest BCUT2D eigenvalue weighted by molar-refractivity contribution is 0.0735. The first-order valence-electron chi connectivity index (χ1n) is 9.72. The van der Waals surface area contributed by atoms with Gasteiger partial charge >= 0.3 is 6.03 Å². The molecular weight excluding hydrogens is 456 g/mol. The number of fused-ring (bicyclic) bond motifs is 1. The van der Waals surface area contributed by atoms with Gasteiger partial charge in [0.25, 0.3) is 5.91 Å². The van der Waals surface area contributed by atoms with Crippen LogP contribution in [-0.2, 0) is 13.0 Å². The number of anilines is 1. The van der Waals surface area contributed by atoms with Crippen molar-refractivity contribution in [3.05, 3.63) is 38.8 Å². The minimum absolute atomic E-state index is 0.0525. The van der Waals surface area contributed by atoms with Crippen LogP contribution in [0.15, 0.2) is 22.7 Å². The average molecular weight is 479 g/mol. The van der Waals surface area contributed by atoms with Crippen LogP contribution in [0.25, 0.3) is 0 Å². The third-order valence-corrected chi connectivity index (χ3v) is 7.02. The van der Waals surface area contributed by atoms with Crippen LogP contribution in [-0.4, -0.2) is 41.5 Å². The van der Waals surface area contributed by atoms with Crippen LogP contribution >= 0.6 is 27.3 Å². The van der Waals surface area contributed by atoms with E-state index in [9.17, 15) is 9.59 Å². The van der Waals surface area contributed by atoms with E-state index in [1.807, 2.05) is 17.0 Å². The maximum absolute atomic E-state index is 13.0. The number of hydrogen-bond acceptors (Lipinski definition) is 5. The van der Waals surface area contributed by atoms with Gasteiger partial charge in [0, 0.05) is 28.4 Å². The standard InChI is InChI=1S/C20H23BrN4O3S/c1-28-13-6-7-15(21)14(10-13)18(26)25-9-8-16-17(11-25)29-20(23-16)24-19(27)22-12-4-2-3-5-12/h6-7,10,12H,2-5,8-9,11H2,1H3,(H2,22,23,24,27). The van der Waals surface area contributed by atoms with Crippen LogP contribution in [0.1, 0.15) is 46.6 Å². The number of amides is 3. The molecule has 1 aliphatic heterocycles. The quantitative estimate of drug-likeness (QED) is 0.690. The highest BCUT2D eigenvalue weighted by atomic mass is 79.9. The number of aromatic nitrogens is 1. The summed E-state index contributed by atoms with van der Waals surface area (Å²) in [5.74, 6) is 0.593. The molecule has 0 saturated heterocycles. The van der Waals surface area contributed by atoms with E-state index in [0.29, 0.717) is 36.0 Å². The highest BCUT2D eigenvalue weighted by Crippen LogP contribution is 2.31. The first-order chi connectivity index (χ1) is 14.0. The summed E-state index contributed by atoms with van der Waals surface area (Å²) in [6, 6.07) is 5.44. The van der Waals surface area contributed by atoms with E-state index in [0.717, 1.165) is 27.9 Å². The number of nitrogens with one attached hydrogen (secondary N) is 2. The third kappa shape index (κ3) is 4.56. The second kappa shape index (κ2) is 8.71. The summed E-state index contributed by atoms with van der Waals surface area (Å²) in [6.45, 7) is 1.08. The van der Waals surface area contributed by atoms with E-state index in [1.54, 1.807) is 13.2 Å². The molecule has 1 aromatic heterocycles. The molecule has 7 nitrogen and oxygen atoms in total. The molecule has 0 radical (unpaired) electrons. The topological polar surface area (TPSA) is 83.6 Å². The van der Waals surface area contributed by atoms with Gasteiger partial charge in [0.05, 0.1) is 24.9 Å². The van der Waals surface area contributed by atoms with E-state index in [2.05, 4.69) is 31.5 Å². The smallest absolute Gasteiger partial charge is 0.321 e. The Morgan fingerprint density at radius 2 is 2.10 bits per heavy atom. The van der Waals surface area contributed by atoms with Crippen molar-refractivity contribution in [1.82, 2.24) is 15.2 Å². The minimum atomic E-state index is -0.198. The predicted octanol–water partition coefficient (Wildman–Crippen LogP) is 4.18. The van der Waals surface area contributed by atoms with Gasteiger partial charge in [-0.25, -0.2) is 9.78 Å². The van der Waals surface area contributed by atoms with Gasteiger partial charge in [0.2, 0.25) is 0 Å². The van der Waals surface area contributed by atoms with Crippen LogP contribution in [0.2, 0.25) is 0 Å². The van der Waals surface area contributed by atoms with Crippen molar-refractivity contribution in [2.75, 3.05) is 19.0 Å². The Kier molecular flexibility index (Phi) is 6.05. The van der Waals surface area contributed by atoms with Crippen molar-refractivity contribution in [2.24, 2.45) is 0 Å². The van der Waals surface area contributed by atoms with Gasteiger partial charge in [-0.3, -0.25) is 10.1 Å². The molecule has 3 amide bonds. The number of methoxy groups -OCH3 is 1. The molecule has 9 heteroatoms. The minimum Gasteiger partial charge on any atom is -0.497 e. The molecule has 0 atom stereocenters. The molecule has 2 N–H and O–H groups in total. The largest absolute Gasteiger partial charge is 0.497 e. The molecule has 1 aliphatic carbocycles. The van der Waals surface area contributed by atoms with Gasteiger partial charge in [0.1, 0.15) is 5.75 Å². The Bertz CT molecular complexity index is 926. The van der Waals surface area contributed by atoms with E-state index < -0.39 is 0 Å². The van der Waals surface area contributed by atoms with Gasteiger partial charge in [0.15, 0.2) is 5.13 Å². The number of hydrogen-bond donors (Lipinski definition) is 2. The summed E-state index contributed by atoms with van der Waals surface area (Å²) < 4.78 is 5.99. The summed E-state index contributed by atoms with van der Waals surface area (Å²) in [6.07, 6.45) is 5.09. The number of ether oxygens (including phenoxy) is 1. The summed E-state index contributed by atoms with van der Waals surface area (Å²) in [4.78, 5) is 32.6. The number of benzene rings is 1. The van der Waals surface area contributed by atoms with Crippen molar-refractivity contribution in [3.63, 3.8) is 0 Å². The number of halogens is 1. The number of thiazole rings is 1. The predicted molar refractivity (Wildman–Crippen MR) is 116 cm³/mol. The van der Waals surface area contributed by atoms with Crippen molar-refractivity contribution < 1.29 is 14.3 Å². The second-order valence-electron chi connectivity index (χ2n) is 7.29. The van der Waals surface area contributed by atoms with Crippen LogP contribution in [0, 0.1) is 0 Å². The Morgan fingerprint density at radius 1 is 1.31 bits per heavy atom. The number of urea groups is 1. The Balaban J connectivity index is 1.42. The number of carbonyl (C=O) groups excluding carboxylic acids is 2. The lowest BCUT2D eigenvalue weighted by atomic mass is 10.1. The zero-order chi connectivity index (χ0) is 20.4. The Labute approximate surface area is 182 Å². The molecule has 29 heavy (non-hydrogen) atoms. The van der Waals surface area contributed by atoms with Gasteiger partial charge in [-0.1, -0.05) is 24.2 Å². The number of carbonyl (C=O) groups is 2. The van der Waals surface area contributed by atoms with E-state index in [4.69, 9.17) is 4.74 Å². The van der Waals surface area contributed by atoms with Crippen LogP contribution in [0.3, 0.4) is 0 Å². The highest BCUT2D eigenvalue weighted by Gasteiger charge is 2.27. The zero-order valence-electron chi connectivity index (χ0n) is 16.2. The lowest BCUT2D eigenvalue weighted by Crippen LogP contribution is -2.36. The van der Waals surface area contributed by atoms with Crippen LogP contribution < -0.4 is 15.4 Å². The molecule has 0 unspecified atom stereocenters. The van der Waals surface area contributed by atoms with Crippen molar-refractivity contribution in [1.29, 1.82) is 0 Å². The van der Waals surface area contributed by atoms with Crippen molar-refractivity contribution in [2.45, 2.75) is 44.7 Å². The molecule has 0 spiro atoms. The molecule has 1 fully saturated rings. The summed E-state index contributed by atoms with van der Waals surface area (Å²) in [5.41, 5.74) is 1.53. The SMILES string of the molecule is COc1ccc(Br)c(C(=O)N2CCc3nc(NC(=O)NC4CCCC4)sc3C2)c1. The van der Waals surface area contributed by atoms with Gasteiger partial charge in [-0.2, -0.15) is 0 Å². The molecule has 1 saturated carbocycles. The Morgan fingerprint density at radius 3 is 2.86 bits per heavy atom. The van der Waals surface area contributed by atoms with Crippen LogP contribution in [0.5, 0.6) is 5.75 Å². The van der Waals surface area contributed by atoms with Crippen molar-refractivity contribution in [3.8, 4) is 5.75 Å². The fourth-order valence-corrected chi connectivity index (χ4v) is 5.21. The summed E-state index contributed by atoms with van der Waals surface area (Å²) in [7, 11) is 1.58. The molecule has 4 rings (SSSR count). The fourth-order valence-electron chi connectivity index (χ4n) is 3.78. The monoisotopic (exact) mass is 478 g/mol. The first-order valence-corrected chi connectivity index (χ1v) is 11.3. The second-order valence-corrected chi connectivity index (χ2v) is 9.23. The fraction of sp³-hybridized carbons (Fsp3) is 0.450. The van der Waals surface area contributed by atoms with Crippen LogP contribution in [0.4, 0.5) is 9.93 Å². The number of rotatable bonds is 4.